The molecule has 0 aliphatic carbocycles. The summed E-state index contributed by atoms with van der Waals surface area (Å²) in [5, 5.41) is 1.09. The van der Waals surface area contributed by atoms with Crippen LogP contribution in [-0.4, -0.2) is 42.3 Å². The number of benzene rings is 1. The number of carbonyl (C=O) groups is 1. The van der Waals surface area contributed by atoms with Gasteiger partial charge >= 0.3 is 0 Å². The third kappa shape index (κ3) is 3.14. The number of aliphatic imine (C=N–C) groups is 1. The summed E-state index contributed by atoms with van der Waals surface area (Å²) in [5.74, 6) is -0.00620. The summed E-state index contributed by atoms with van der Waals surface area (Å²) in [6, 6.07) is 5.30. The van der Waals surface area contributed by atoms with Crippen LogP contribution in [0.1, 0.15) is 18.9 Å². The Labute approximate surface area is 145 Å². The number of fused-ring (bicyclic) bond motifs is 1. The number of anilines is 1. The van der Waals surface area contributed by atoms with Crippen molar-refractivity contribution in [3.63, 3.8) is 0 Å². The third-order valence-corrected chi connectivity index (χ3v) is 7.71. The van der Waals surface area contributed by atoms with Crippen LogP contribution in [0.4, 0.5) is 5.69 Å². The molecule has 2 heterocycles. The lowest BCUT2D eigenvalue weighted by atomic mass is 10.1. The number of hydrogen-bond donors (Lipinski definition) is 0. The van der Waals surface area contributed by atoms with Crippen LogP contribution in [0.2, 0.25) is 5.02 Å². The molecule has 0 spiro atoms. The molecule has 124 valence electrons. The summed E-state index contributed by atoms with van der Waals surface area (Å²) in [5.41, 5.74) is 1.67. The molecule has 0 N–H and O–H groups in total. The van der Waals surface area contributed by atoms with Crippen LogP contribution >= 0.6 is 23.4 Å². The fourth-order valence-electron chi connectivity index (χ4n) is 2.89. The minimum atomic E-state index is -3.06. The third-order valence-electron chi connectivity index (χ3n) is 4.09. The molecule has 0 saturated carbocycles. The Kier molecular flexibility index (Phi) is 4.46. The van der Waals surface area contributed by atoms with Gasteiger partial charge in [0, 0.05) is 22.4 Å². The van der Waals surface area contributed by atoms with Gasteiger partial charge in [0.25, 0.3) is 0 Å². The van der Waals surface area contributed by atoms with Crippen molar-refractivity contribution < 1.29 is 13.2 Å². The van der Waals surface area contributed by atoms with Crippen molar-refractivity contribution in [3.8, 4) is 0 Å². The molecule has 5 nitrogen and oxygen atoms in total. The van der Waals surface area contributed by atoms with E-state index in [1.807, 2.05) is 24.0 Å². The van der Waals surface area contributed by atoms with Crippen LogP contribution in [0, 0.1) is 6.92 Å². The van der Waals surface area contributed by atoms with Crippen molar-refractivity contribution in [1.29, 1.82) is 0 Å². The molecule has 1 aromatic rings. The fraction of sp³-hybridized carbons (Fsp3) is 0.467. The molecule has 1 amide bonds. The Bertz CT molecular complexity index is 792. The molecule has 8 heteroatoms. The van der Waals surface area contributed by atoms with Crippen LogP contribution in [0.25, 0.3) is 0 Å². The quantitative estimate of drug-likeness (QED) is 0.798. The van der Waals surface area contributed by atoms with Crippen molar-refractivity contribution >= 4 is 50.0 Å². The Morgan fingerprint density at radius 1 is 1.43 bits per heavy atom. The molecule has 0 aromatic heterocycles. The highest BCUT2D eigenvalue weighted by molar-refractivity contribution is 8.16. The molecule has 3 rings (SSSR count). The maximum Gasteiger partial charge on any atom is 0.247 e. The second-order valence-corrected chi connectivity index (χ2v) is 9.46. The number of carbonyl (C=O) groups excluding carboxylic acids is 1. The molecule has 2 atom stereocenters. The predicted molar refractivity (Wildman–Crippen MR) is 95.2 cm³/mol. The minimum absolute atomic E-state index is 0.0793. The molecule has 1 aromatic carbocycles. The Hall–Kier alpha value is -1.05. The van der Waals surface area contributed by atoms with E-state index < -0.39 is 9.84 Å². The number of hydrogen-bond acceptors (Lipinski definition) is 4. The van der Waals surface area contributed by atoms with E-state index in [2.05, 4.69) is 4.99 Å². The second-order valence-electron chi connectivity index (χ2n) is 5.70. The normalized spacial score (nSPS) is 27.4. The summed E-state index contributed by atoms with van der Waals surface area (Å²) < 4.78 is 24.0. The van der Waals surface area contributed by atoms with Crippen LogP contribution in [0.3, 0.4) is 0 Å². The second kappa shape index (κ2) is 6.11. The summed E-state index contributed by atoms with van der Waals surface area (Å²) in [6.07, 6.45) is 0.320. The number of rotatable bonds is 2. The zero-order chi connectivity index (χ0) is 16.8. The highest BCUT2D eigenvalue weighted by Gasteiger charge is 2.49. The van der Waals surface area contributed by atoms with Crippen LogP contribution in [0.5, 0.6) is 0 Å². The highest BCUT2D eigenvalue weighted by atomic mass is 35.5. The van der Waals surface area contributed by atoms with Gasteiger partial charge in [-0.1, -0.05) is 36.4 Å². The molecule has 2 saturated heterocycles. The first-order chi connectivity index (χ1) is 10.8. The zero-order valence-electron chi connectivity index (χ0n) is 12.8. The van der Waals surface area contributed by atoms with Gasteiger partial charge in [0.15, 0.2) is 15.0 Å². The number of halogens is 1. The lowest BCUT2D eigenvalue weighted by molar-refractivity contribution is -0.117. The number of thioether (sulfide) groups is 1. The molecule has 2 fully saturated rings. The van der Waals surface area contributed by atoms with E-state index in [-0.39, 0.29) is 28.7 Å². The number of amidine groups is 1. The van der Waals surface area contributed by atoms with E-state index in [0.29, 0.717) is 16.6 Å². The van der Waals surface area contributed by atoms with Gasteiger partial charge in [0.2, 0.25) is 5.91 Å². The Balaban J connectivity index is 2.09. The van der Waals surface area contributed by atoms with Gasteiger partial charge in [0.05, 0.1) is 17.5 Å². The van der Waals surface area contributed by atoms with Gasteiger partial charge in [0.1, 0.15) is 0 Å². The minimum Gasteiger partial charge on any atom is -0.315 e. The lowest BCUT2D eigenvalue weighted by Gasteiger charge is -2.26. The van der Waals surface area contributed by atoms with Gasteiger partial charge in [-0.15, -0.1) is 0 Å². The van der Waals surface area contributed by atoms with Crippen molar-refractivity contribution in [2.24, 2.45) is 4.99 Å². The topological polar surface area (TPSA) is 66.8 Å². The van der Waals surface area contributed by atoms with Gasteiger partial charge in [-0.3, -0.25) is 4.79 Å². The number of amides is 1. The molecular weight excluding hydrogens is 356 g/mol. The van der Waals surface area contributed by atoms with Gasteiger partial charge in [-0.25, -0.2) is 8.42 Å². The van der Waals surface area contributed by atoms with E-state index in [0.717, 1.165) is 11.3 Å². The first-order valence-electron chi connectivity index (χ1n) is 7.35. The van der Waals surface area contributed by atoms with E-state index in [9.17, 15) is 13.2 Å². The predicted octanol–water partition coefficient (Wildman–Crippen LogP) is 2.66. The van der Waals surface area contributed by atoms with Crippen molar-refractivity contribution in [3.05, 3.63) is 28.8 Å². The maximum atomic E-state index is 12.0. The summed E-state index contributed by atoms with van der Waals surface area (Å²) in [6.45, 7) is 3.64. The van der Waals surface area contributed by atoms with E-state index >= 15 is 0 Å². The first kappa shape index (κ1) is 16.8. The van der Waals surface area contributed by atoms with E-state index in [4.69, 9.17) is 11.6 Å². The highest BCUT2D eigenvalue weighted by Crippen LogP contribution is 2.42. The molecule has 0 unspecified atom stereocenters. The molecular formula is C15H17ClN2O3S2. The molecule has 0 radical (unpaired) electrons. The van der Waals surface area contributed by atoms with Crippen molar-refractivity contribution in [2.75, 3.05) is 16.4 Å². The van der Waals surface area contributed by atoms with E-state index in [1.165, 1.54) is 11.8 Å². The molecule has 23 heavy (non-hydrogen) atoms. The largest absolute Gasteiger partial charge is 0.315 e. The van der Waals surface area contributed by atoms with Gasteiger partial charge in [-0.05, 0) is 24.6 Å². The lowest BCUT2D eigenvalue weighted by Crippen LogP contribution is -2.38. The van der Waals surface area contributed by atoms with Crippen LogP contribution < -0.4 is 4.90 Å². The number of nitrogens with zero attached hydrogens (tertiary/aromatic N) is 2. The monoisotopic (exact) mass is 372 g/mol. The maximum absolute atomic E-state index is 12.0. The summed E-state index contributed by atoms with van der Waals surface area (Å²) in [7, 11) is -3.06. The molecule has 2 aliphatic rings. The smallest absolute Gasteiger partial charge is 0.247 e. The summed E-state index contributed by atoms with van der Waals surface area (Å²) in [4.78, 5) is 17.8. The average molecular weight is 373 g/mol. The Morgan fingerprint density at radius 2 is 2.17 bits per heavy atom. The Morgan fingerprint density at radius 3 is 2.87 bits per heavy atom. The van der Waals surface area contributed by atoms with Crippen molar-refractivity contribution in [1.82, 2.24) is 0 Å². The molecule has 2 aliphatic heterocycles. The number of sulfone groups is 1. The average Bonchev–Trinajstić information content (AvgIpc) is 2.93. The SMILES string of the molecule is CCC(=O)N=C1S[C@H]2CS(=O)(=O)C[C@@H]2N1c1cccc(Cl)c1C. The van der Waals surface area contributed by atoms with Crippen LogP contribution in [-0.2, 0) is 14.6 Å². The standard InChI is InChI=1S/C15H17ClN2O3S2/c1-3-14(19)17-15-18(11-6-4-5-10(16)9(11)2)12-7-23(20,21)8-13(12)22-15/h4-6,12-13H,3,7-8H2,1-2H3/t12-,13-/m0/s1. The molecule has 0 bridgehead atoms. The first-order valence-corrected chi connectivity index (χ1v) is 10.4. The van der Waals surface area contributed by atoms with Gasteiger partial charge < -0.3 is 4.90 Å². The summed E-state index contributed by atoms with van der Waals surface area (Å²) >= 11 is 7.59. The fourth-order valence-corrected chi connectivity index (χ4v) is 6.98. The van der Waals surface area contributed by atoms with Crippen LogP contribution in [0.15, 0.2) is 23.2 Å². The zero-order valence-corrected chi connectivity index (χ0v) is 15.2. The van der Waals surface area contributed by atoms with Crippen molar-refractivity contribution in [2.45, 2.75) is 31.6 Å². The van der Waals surface area contributed by atoms with E-state index in [1.54, 1.807) is 13.0 Å². The van der Waals surface area contributed by atoms with Gasteiger partial charge in [-0.2, -0.15) is 4.99 Å².